The molecule has 1 atom stereocenters. The molecule has 0 saturated carbocycles. The van der Waals surface area contributed by atoms with E-state index in [1.54, 1.807) is 29.3 Å². The van der Waals surface area contributed by atoms with Crippen molar-refractivity contribution in [1.82, 2.24) is 24.6 Å². The summed E-state index contributed by atoms with van der Waals surface area (Å²) in [5.74, 6) is 0.495. The zero-order chi connectivity index (χ0) is 20.4. The number of nitrogens with one attached hydrogen (secondary N) is 1. The third-order valence-electron chi connectivity index (χ3n) is 5.36. The highest BCUT2D eigenvalue weighted by Crippen LogP contribution is 2.24. The fourth-order valence-corrected chi connectivity index (χ4v) is 3.82. The molecule has 0 bridgehead atoms. The first-order chi connectivity index (χ1) is 14.1. The number of anilines is 2. The number of halogens is 1. The van der Waals surface area contributed by atoms with Crippen molar-refractivity contribution in [3.05, 3.63) is 42.6 Å². The number of aromatic nitrogens is 4. The fourth-order valence-electron chi connectivity index (χ4n) is 3.82. The van der Waals surface area contributed by atoms with Crippen molar-refractivity contribution < 1.29 is 9.18 Å². The van der Waals surface area contributed by atoms with Gasteiger partial charge in [-0.05, 0) is 30.7 Å². The van der Waals surface area contributed by atoms with Crippen molar-refractivity contribution in [2.24, 2.45) is 7.05 Å². The highest BCUT2D eigenvalue weighted by atomic mass is 19.1. The van der Waals surface area contributed by atoms with Gasteiger partial charge in [0.2, 0.25) is 5.91 Å². The van der Waals surface area contributed by atoms with E-state index < -0.39 is 0 Å². The lowest BCUT2D eigenvalue weighted by molar-refractivity contribution is -0.121. The van der Waals surface area contributed by atoms with Crippen LogP contribution in [-0.4, -0.2) is 62.8 Å². The standard InChI is InChI=1S/C20H24FN7O/c1-3-17(20(29)25-15-6-4-14(21)5-7-15)27-8-10-28(11-9-27)19-16-12-24-26(2)18(16)22-13-23-19/h4-7,12-13,17H,3,8-11H2,1-2H3,(H,25,29). The molecule has 1 fully saturated rings. The fraction of sp³-hybridized carbons (Fsp3) is 0.400. The quantitative estimate of drug-likeness (QED) is 0.710. The molecule has 4 rings (SSSR count). The Morgan fingerprint density at radius 3 is 2.59 bits per heavy atom. The second kappa shape index (κ2) is 8.12. The number of fused-ring (bicyclic) bond motifs is 1. The summed E-state index contributed by atoms with van der Waals surface area (Å²) in [6.45, 7) is 5.04. The molecule has 9 heteroatoms. The highest BCUT2D eigenvalue weighted by Gasteiger charge is 2.29. The van der Waals surface area contributed by atoms with Crippen LogP contribution in [0.4, 0.5) is 15.9 Å². The molecule has 1 unspecified atom stereocenters. The van der Waals surface area contributed by atoms with Gasteiger partial charge in [-0.1, -0.05) is 6.92 Å². The summed E-state index contributed by atoms with van der Waals surface area (Å²) in [4.78, 5) is 25.9. The predicted molar refractivity (Wildman–Crippen MR) is 109 cm³/mol. The van der Waals surface area contributed by atoms with Crippen LogP contribution in [0.1, 0.15) is 13.3 Å². The van der Waals surface area contributed by atoms with E-state index in [1.165, 1.54) is 12.1 Å². The van der Waals surface area contributed by atoms with Crippen molar-refractivity contribution in [2.45, 2.75) is 19.4 Å². The monoisotopic (exact) mass is 397 g/mol. The van der Waals surface area contributed by atoms with Crippen molar-refractivity contribution in [2.75, 3.05) is 36.4 Å². The van der Waals surface area contributed by atoms with Gasteiger partial charge in [0, 0.05) is 38.9 Å². The Balaban J connectivity index is 1.42. The third-order valence-corrected chi connectivity index (χ3v) is 5.36. The molecule has 1 amide bonds. The molecular formula is C20H24FN7O. The van der Waals surface area contributed by atoms with Crippen LogP contribution in [0, 0.1) is 5.82 Å². The Hall–Kier alpha value is -3.07. The molecular weight excluding hydrogens is 373 g/mol. The molecule has 1 aliphatic rings. The van der Waals surface area contributed by atoms with Gasteiger partial charge in [0.25, 0.3) is 0 Å². The van der Waals surface area contributed by atoms with Gasteiger partial charge >= 0.3 is 0 Å². The number of rotatable bonds is 5. The first-order valence-electron chi connectivity index (χ1n) is 9.75. The van der Waals surface area contributed by atoms with Crippen LogP contribution >= 0.6 is 0 Å². The average molecular weight is 397 g/mol. The Kier molecular flexibility index (Phi) is 5.39. The van der Waals surface area contributed by atoms with Gasteiger partial charge in [0.1, 0.15) is 18.0 Å². The van der Waals surface area contributed by atoms with Gasteiger partial charge in [-0.3, -0.25) is 14.4 Å². The number of amides is 1. The summed E-state index contributed by atoms with van der Waals surface area (Å²) in [5.41, 5.74) is 1.41. The average Bonchev–Trinajstić information content (AvgIpc) is 3.12. The maximum atomic E-state index is 13.1. The van der Waals surface area contributed by atoms with Crippen LogP contribution in [-0.2, 0) is 11.8 Å². The van der Waals surface area contributed by atoms with Crippen molar-refractivity contribution in [3.8, 4) is 0 Å². The van der Waals surface area contributed by atoms with Crippen LogP contribution in [0.5, 0.6) is 0 Å². The molecule has 152 valence electrons. The first kappa shape index (κ1) is 19.3. The number of aryl methyl sites for hydroxylation is 1. The maximum Gasteiger partial charge on any atom is 0.241 e. The van der Waals surface area contributed by atoms with E-state index in [9.17, 15) is 9.18 Å². The van der Waals surface area contributed by atoms with Crippen molar-refractivity contribution >= 4 is 28.4 Å². The van der Waals surface area contributed by atoms with Crippen LogP contribution in [0.3, 0.4) is 0 Å². The summed E-state index contributed by atoms with van der Waals surface area (Å²) >= 11 is 0. The lowest BCUT2D eigenvalue weighted by Crippen LogP contribution is -2.53. The topological polar surface area (TPSA) is 79.2 Å². The molecule has 8 nitrogen and oxygen atoms in total. The Morgan fingerprint density at radius 1 is 1.17 bits per heavy atom. The van der Waals surface area contributed by atoms with Gasteiger partial charge in [-0.25, -0.2) is 14.4 Å². The minimum atomic E-state index is -0.321. The Labute approximate surface area is 168 Å². The molecule has 2 aromatic heterocycles. The van der Waals surface area contributed by atoms with Crippen LogP contribution in [0.15, 0.2) is 36.8 Å². The van der Waals surface area contributed by atoms with E-state index in [-0.39, 0.29) is 17.8 Å². The van der Waals surface area contributed by atoms with Gasteiger partial charge in [0.15, 0.2) is 5.65 Å². The number of carbonyl (C=O) groups is 1. The van der Waals surface area contributed by atoms with E-state index in [0.29, 0.717) is 12.1 Å². The zero-order valence-corrected chi connectivity index (χ0v) is 16.5. The lowest BCUT2D eigenvalue weighted by Gasteiger charge is -2.38. The molecule has 3 heterocycles. The second-order valence-electron chi connectivity index (χ2n) is 7.15. The predicted octanol–water partition coefficient (Wildman–Crippen LogP) is 2.04. The summed E-state index contributed by atoms with van der Waals surface area (Å²) < 4.78 is 14.8. The first-order valence-corrected chi connectivity index (χ1v) is 9.75. The highest BCUT2D eigenvalue weighted by molar-refractivity contribution is 5.94. The van der Waals surface area contributed by atoms with E-state index in [0.717, 1.165) is 43.0 Å². The van der Waals surface area contributed by atoms with Crippen LogP contribution < -0.4 is 10.2 Å². The normalized spacial score (nSPS) is 16.2. The van der Waals surface area contributed by atoms with E-state index in [2.05, 4.69) is 30.2 Å². The Morgan fingerprint density at radius 2 is 1.90 bits per heavy atom. The molecule has 0 aliphatic carbocycles. The third kappa shape index (κ3) is 3.91. The van der Waals surface area contributed by atoms with Gasteiger partial charge in [-0.2, -0.15) is 5.10 Å². The molecule has 29 heavy (non-hydrogen) atoms. The molecule has 1 saturated heterocycles. The minimum absolute atomic E-state index is 0.0655. The molecule has 1 aromatic carbocycles. The van der Waals surface area contributed by atoms with Gasteiger partial charge in [-0.15, -0.1) is 0 Å². The zero-order valence-electron chi connectivity index (χ0n) is 16.5. The largest absolute Gasteiger partial charge is 0.353 e. The molecule has 0 spiro atoms. The molecule has 1 N–H and O–H groups in total. The number of hydrogen-bond acceptors (Lipinski definition) is 6. The SMILES string of the molecule is CCC(C(=O)Nc1ccc(F)cc1)N1CCN(c2ncnc3c2cnn3C)CC1. The van der Waals surface area contributed by atoms with E-state index in [4.69, 9.17) is 0 Å². The van der Waals surface area contributed by atoms with E-state index >= 15 is 0 Å². The van der Waals surface area contributed by atoms with Gasteiger partial charge in [0.05, 0.1) is 17.6 Å². The summed E-state index contributed by atoms with van der Waals surface area (Å²) in [6, 6.07) is 5.61. The summed E-state index contributed by atoms with van der Waals surface area (Å²) in [6.07, 6.45) is 4.06. The maximum absolute atomic E-state index is 13.1. The van der Waals surface area contributed by atoms with Gasteiger partial charge < -0.3 is 10.2 Å². The molecule has 0 radical (unpaired) electrons. The Bertz CT molecular complexity index is 996. The van der Waals surface area contributed by atoms with E-state index in [1.807, 2.05) is 14.0 Å². The minimum Gasteiger partial charge on any atom is -0.353 e. The summed E-state index contributed by atoms with van der Waals surface area (Å²) in [5, 5.41) is 8.11. The number of nitrogens with zero attached hydrogens (tertiary/aromatic N) is 6. The summed E-state index contributed by atoms with van der Waals surface area (Å²) in [7, 11) is 1.86. The van der Waals surface area contributed by atoms with Crippen molar-refractivity contribution in [1.29, 1.82) is 0 Å². The van der Waals surface area contributed by atoms with Crippen LogP contribution in [0.2, 0.25) is 0 Å². The number of hydrogen-bond donors (Lipinski definition) is 1. The number of carbonyl (C=O) groups excluding carboxylic acids is 1. The van der Waals surface area contributed by atoms with Crippen molar-refractivity contribution in [3.63, 3.8) is 0 Å². The lowest BCUT2D eigenvalue weighted by atomic mass is 10.1. The number of benzene rings is 1. The molecule has 3 aromatic rings. The van der Waals surface area contributed by atoms with Crippen LogP contribution in [0.25, 0.3) is 11.0 Å². The number of piperazine rings is 1. The second-order valence-corrected chi connectivity index (χ2v) is 7.15. The smallest absolute Gasteiger partial charge is 0.241 e. The molecule has 1 aliphatic heterocycles.